The van der Waals surface area contributed by atoms with Gasteiger partial charge < -0.3 is 4.74 Å². The van der Waals surface area contributed by atoms with Gasteiger partial charge in [0.25, 0.3) is 0 Å². The average Bonchev–Trinajstić information content (AvgIpc) is 2.45. The Labute approximate surface area is 78.9 Å². The van der Waals surface area contributed by atoms with Crippen molar-refractivity contribution in [2.75, 3.05) is 7.11 Å². The van der Waals surface area contributed by atoms with E-state index in [1.54, 1.807) is 3.59 Å². The number of hydrogen-bond donors (Lipinski definition) is 0. The van der Waals surface area contributed by atoms with Crippen LogP contribution in [0.3, 0.4) is 0 Å². The lowest BCUT2D eigenvalue weighted by atomic mass is 10.3. The second kappa shape index (κ2) is 3.71. The Morgan fingerprint density at radius 3 is 3.00 bits per heavy atom. The normalized spacial score (nSPS) is 9.92. The van der Waals surface area contributed by atoms with Crippen LogP contribution in [0.4, 0.5) is 0 Å². The van der Waals surface area contributed by atoms with Crippen molar-refractivity contribution in [1.29, 1.82) is 0 Å². The van der Waals surface area contributed by atoms with Crippen molar-refractivity contribution in [1.82, 2.24) is 8.58 Å². The van der Waals surface area contributed by atoms with Crippen molar-refractivity contribution in [2.24, 2.45) is 0 Å². The average molecular weight is 233 g/mol. The molecule has 0 fully saturated rings. The summed E-state index contributed by atoms with van der Waals surface area (Å²) in [7, 11) is 1.34. The maximum Gasteiger partial charge on any atom is 0.358 e. The third-order valence-corrected chi connectivity index (χ3v) is 2.14. The van der Waals surface area contributed by atoms with E-state index in [4.69, 9.17) is 0 Å². The molecule has 0 unspecified atom stereocenters. The molecule has 12 heavy (non-hydrogen) atoms. The highest BCUT2D eigenvalue weighted by Crippen LogP contribution is 2.11. The molecule has 1 rings (SSSR count). The highest BCUT2D eigenvalue weighted by molar-refractivity contribution is 9.08. The molecular formula is C7H9BrN2O2. The molecule has 1 aromatic heterocycles. The molecule has 0 radical (unpaired) electrons. The summed E-state index contributed by atoms with van der Waals surface area (Å²) in [6.07, 6.45) is 2.26. The third kappa shape index (κ3) is 1.50. The molecule has 0 aromatic carbocycles. The van der Waals surface area contributed by atoms with E-state index in [2.05, 4.69) is 25.9 Å². The first-order valence-electron chi connectivity index (χ1n) is 3.51. The molecule has 0 amide bonds. The number of nitrogens with zero attached hydrogens (tertiary/aromatic N) is 2. The fraction of sp³-hybridized carbons (Fsp3) is 0.429. The van der Waals surface area contributed by atoms with Crippen LogP contribution in [0.15, 0.2) is 6.33 Å². The molecule has 0 aliphatic carbocycles. The van der Waals surface area contributed by atoms with Gasteiger partial charge in [-0.3, -0.25) is 3.59 Å². The fourth-order valence-electron chi connectivity index (χ4n) is 0.939. The van der Waals surface area contributed by atoms with Crippen molar-refractivity contribution < 1.29 is 9.53 Å². The smallest absolute Gasteiger partial charge is 0.358 e. The second-order valence-electron chi connectivity index (χ2n) is 2.20. The number of carbonyl (C=O) groups excluding carboxylic acids is 1. The van der Waals surface area contributed by atoms with Crippen molar-refractivity contribution in [3.63, 3.8) is 0 Å². The van der Waals surface area contributed by atoms with Gasteiger partial charge in [-0.2, -0.15) is 0 Å². The molecule has 0 aliphatic heterocycles. The molecule has 1 aromatic rings. The van der Waals surface area contributed by atoms with Gasteiger partial charge in [0.05, 0.1) is 29.0 Å². The Bertz CT molecular complexity index is 296. The van der Waals surface area contributed by atoms with Crippen LogP contribution in [0.2, 0.25) is 0 Å². The molecule has 5 heteroatoms. The zero-order chi connectivity index (χ0) is 9.14. The van der Waals surface area contributed by atoms with Gasteiger partial charge in [0.1, 0.15) is 6.33 Å². The van der Waals surface area contributed by atoms with Crippen molar-refractivity contribution >= 4 is 22.1 Å². The number of esters is 1. The number of imidazole rings is 1. The van der Waals surface area contributed by atoms with E-state index in [-0.39, 0.29) is 0 Å². The Hall–Kier alpha value is -0.840. The first-order chi connectivity index (χ1) is 5.70. The Balaban J connectivity index is 3.07. The Morgan fingerprint density at radius 1 is 1.83 bits per heavy atom. The highest BCUT2D eigenvalue weighted by Gasteiger charge is 2.15. The maximum atomic E-state index is 11.1. The van der Waals surface area contributed by atoms with E-state index in [0.29, 0.717) is 5.69 Å². The molecule has 0 bridgehead atoms. The number of hydrogen-bond acceptors (Lipinski definition) is 3. The topological polar surface area (TPSA) is 44.1 Å². The molecule has 66 valence electrons. The summed E-state index contributed by atoms with van der Waals surface area (Å²) in [6.45, 7) is 1.95. The van der Waals surface area contributed by atoms with E-state index in [0.717, 1.165) is 12.1 Å². The number of rotatable bonds is 2. The lowest BCUT2D eigenvalue weighted by molar-refractivity contribution is 0.0593. The highest BCUT2D eigenvalue weighted by atomic mass is 79.9. The molecular weight excluding hydrogens is 224 g/mol. The summed E-state index contributed by atoms with van der Waals surface area (Å²) in [5, 5.41) is 0. The van der Waals surface area contributed by atoms with E-state index in [1.165, 1.54) is 13.4 Å². The lowest BCUT2D eigenvalue weighted by Crippen LogP contribution is -2.05. The number of halogens is 1. The molecule has 1 heterocycles. The molecule has 0 N–H and O–H groups in total. The van der Waals surface area contributed by atoms with Crippen molar-refractivity contribution in [3.8, 4) is 0 Å². The van der Waals surface area contributed by atoms with Gasteiger partial charge in [0.15, 0.2) is 5.69 Å². The summed E-state index contributed by atoms with van der Waals surface area (Å²) >= 11 is 3.22. The number of aromatic nitrogens is 2. The van der Waals surface area contributed by atoms with Crippen LogP contribution >= 0.6 is 16.1 Å². The van der Waals surface area contributed by atoms with Gasteiger partial charge in [-0.05, 0) is 6.42 Å². The van der Waals surface area contributed by atoms with Gasteiger partial charge >= 0.3 is 5.97 Å². The standard InChI is InChI=1S/C7H9BrN2O2/c1-3-5-6(7(11)12-2)9-4-10(5)8/h4H,3H2,1-2H3. The first kappa shape index (κ1) is 9.25. The Kier molecular flexibility index (Phi) is 2.86. The van der Waals surface area contributed by atoms with Crippen LogP contribution in [-0.4, -0.2) is 21.7 Å². The van der Waals surface area contributed by atoms with Crippen molar-refractivity contribution in [2.45, 2.75) is 13.3 Å². The van der Waals surface area contributed by atoms with Crippen LogP contribution in [0.5, 0.6) is 0 Å². The van der Waals surface area contributed by atoms with E-state index in [1.807, 2.05) is 6.92 Å². The minimum atomic E-state index is -0.398. The van der Waals surface area contributed by atoms with Crippen LogP contribution < -0.4 is 0 Å². The van der Waals surface area contributed by atoms with Crippen LogP contribution in [-0.2, 0) is 11.2 Å². The summed E-state index contributed by atoms with van der Waals surface area (Å²) in [5.74, 6) is -0.398. The summed E-state index contributed by atoms with van der Waals surface area (Å²) in [4.78, 5) is 15.0. The largest absolute Gasteiger partial charge is 0.464 e. The first-order valence-corrected chi connectivity index (χ1v) is 4.22. The molecule has 0 saturated carbocycles. The summed E-state index contributed by atoms with van der Waals surface area (Å²) in [6, 6.07) is 0. The Morgan fingerprint density at radius 2 is 2.50 bits per heavy atom. The predicted octanol–water partition coefficient (Wildman–Crippen LogP) is 1.39. The zero-order valence-corrected chi connectivity index (χ0v) is 8.46. The molecule has 0 aliphatic rings. The monoisotopic (exact) mass is 232 g/mol. The fourth-order valence-corrected chi connectivity index (χ4v) is 1.45. The van der Waals surface area contributed by atoms with Gasteiger partial charge in [-0.15, -0.1) is 0 Å². The second-order valence-corrected chi connectivity index (χ2v) is 2.96. The van der Waals surface area contributed by atoms with Crippen LogP contribution in [0.25, 0.3) is 0 Å². The van der Waals surface area contributed by atoms with Gasteiger partial charge in [-0.25, -0.2) is 9.78 Å². The van der Waals surface area contributed by atoms with Gasteiger partial charge in [0.2, 0.25) is 0 Å². The minimum absolute atomic E-state index is 0.372. The van der Waals surface area contributed by atoms with Crippen molar-refractivity contribution in [3.05, 3.63) is 17.7 Å². The minimum Gasteiger partial charge on any atom is -0.464 e. The SMILES string of the molecule is CCc1c(C(=O)OC)ncn1Br. The van der Waals surface area contributed by atoms with Crippen LogP contribution in [0, 0.1) is 0 Å². The summed E-state index contributed by atoms with van der Waals surface area (Å²) < 4.78 is 6.19. The van der Waals surface area contributed by atoms with Gasteiger partial charge in [0, 0.05) is 0 Å². The van der Waals surface area contributed by atoms with Crippen LogP contribution in [0.1, 0.15) is 23.1 Å². The molecule has 0 spiro atoms. The zero-order valence-electron chi connectivity index (χ0n) is 6.87. The predicted molar refractivity (Wildman–Crippen MR) is 47.3 cm³/mol. The van der Waals surface area contributed by atoms with E-state index >= 15 is 0 Å². The molecule has 0 atom stereocenters. The third-order valence-electron chi connectivity index (χ3n) is 1.53. The quantitative estimate of drug-likeness (QED) is 0.725. The van der Waals surface area contributed by atoms with E-state index in [9.17, 15) is 4.79 Å². The molecule has 4 nitrogen and oxygen atoms in total. The molecule has 0 saturated heterocycles. The number of ether oxygens (including phenoxy) is 1. The maximum absolute atomic E-state index is 11.1. The summed E-state index contributed by atoms with van der Waals surface area (Å²) in [5.41, 5.74) is 1.19. The van der Waals surface area contributed by atoms with E-state index < -0.39 is 5.97 Å². The number of carbonyl (C=O) groups is 1. The van der Waals surface area contributed by atoms with Gasteiger partial charge in [-0.1, -0.05) is 6.92 Å². The number of methoxy groups -OCH3 is 1. The lowest BCUT2D eigenvalue weighted by Gasteiger charge is -1.98.